The highest BCUT2D eigenvalue weighted by Crippen LogP contribution is 2.29. The predicted molar refractivity (Wildman–Crippen MR) is 106 cm³/mol. The van der Waals surface area contributed by atoms with E-state index in [0.717, 1.165) is 30.5 Å². The lowest BCUT2D eigenvalue weighted by molar-refractivity contribution is -0.137. The molecular formula is C23H28F3NO. The Morgan fingerprint density at radius 3 is 1.68 bits per heavy atom. The van der Waals surface area contributed by atoms with E-state index in [1.54, 1.807) is 4.90 Å². The van der Waals surface area contributed by atoms with Gasteiger partial charge in [0, 0.05) is 20.0 Å². The van der Waals surface area contributed by atoms with Crippen molar-refractivity contribution < 1.29 is 18.0 Å². The third kappa shape index (κ3) is 7.02. The third-order valence-electron chi connectivity index (χ3n) is 4.73. The number of alkyl halides is 3. The number of amides is 1. The second kappa shape index (κ2) is 9.76. The minimum atomic E-state index is -4.32. The van der Waals surface area contributed by atoms with Crippen LogP contribution in [-0.2, 0) is 30.2 Å². The van der Waals surface area contributed by atoms with Crippen LogP contribution in [0.25, 0.3) is 0 Å². The van der Waals surface area contributed by atoms with Crippen LogP contribution >= 0.6 is 0 Å². The monoisotopic (exact) mass is 391 g/mol. The van der Waals surface area contributed by atoms with E-state index in [2.05, 4.69) is 38.1 Å². The summed E-state index contributed by atoms with van der Waals surface area (Å²) >= 11 is 0. The third-order valence-corrected chi connectivity index (χ3v) is 4.73. The average molecular weight is 391 g/mol. The number of nitrogens with zero attached hydrogens (tertiary/aromatic N) is 1. The van der Waals surface area contributed by atoms with Crippen LogP contribution in [0, 0.1) is 5.92 Å². The van der Waals surface area contributed by atoms with E-state index in [4.69, 9.17) is 0 Å². The zero-order chi connectivity index (χ0) is 20.7. The Morgan fingerprint density at radius 1 is 0.857 bits per heavy atom. The molecule has 2 rings (SSSR count). The first-order valence-corrected chi connectivity index (χ1v) is 9.64. The van der Waals surface area contributed by atoms with Crippen molar-refractivity contribution in [1.82, 2.24) is 4.90 Å². The first kappa shape index (κ1) is 22.0. The molecule has 0 spiro atoms. The Morgan fingerprint density at radius 2 is 1.29 bits per heavy atom. The van der Waals surface area contributed by atoms with Gasteiger partial charge in [0.15, 0.2) is 0 Å². The number of carbonyl (C=O) groups excluding carboxylic acids is 1. The highest BCUT2D eigenvalue weighted by Gasteiger charge is 2.29. The zero-order valence-corrected chi connectivity index (χ0v) is 16.7. The van der Waals surface area contributed by atoms with Gasteiger partial charge < -0.3 is 4.90 Å². The van der Waals surface area contributed by atoms with Gasteiger partial charge in [-0.15, -0.1) is 0 Å². The van der Waals surface area contributed by atoms with Crippen molar-refractivity contribution in [2.75, 3.05) is 13.1 Å². The number of hydrogen-bond donors (Lipinski definition) is 0. The van der Waals surface area contributed by atoms with E-state index < -0.39 is 11.7 Å². The van der Waals surface area contributed by atoms with Crippen molar-refractivity contribution in [3.8, 4) is 0 Å². The van der Waals surface area contributed by atoms with E-state index in [9.17, 15) is 18.0 Å². The fourth-order valence-corrected chi connectivity index (χ4v) is 3.13. The minimum absolute atomic E-state index is 0.0247. The van der Waals surface area contributed by atoms with Gasteiger partial charge in [0.2, 0.25) is 5.91 Å². The summed E-state index contributed by atoms with van der Waals surface area (Å²) in [6.45, 7) is 6.99. The van der Waals surface area contributed by atoms with Crippen LogP contribution in [0.1, 0.15) is 43.0 Å². The van der Waals surface area contributed by atoms with Gasteiger partial charge >= 0.3 is 6.18 Å². The van der Waals surface area contributed by atoms with Crippen molar-refractivity contribution in [3.05, 3.63) is 70.8 Å². The van der Waals surface area contributed by atoms with E-state index in [0.29, 0.717) is 25.4 Å². The van der Waals surface area contributed by atoms with Crippen molar-refractivity contribution in [3.63, 3.8) is 0 Å². The molecule has 5 heteroatoms. The summed E-state index contributed by atoms with van der Waals surface area (Å²) in [5.41, 5.74) is 2.62. The molecule has 0 aliphatic rings. The molecule has 0 heterocycles. The molecule has 0 unspecified atom stereocenters. The number of hydrogen-bond acceptors (Lipinski definition) is 1. The summed E-state index contributed by atoms with van der Waals surface area (Å²) in [4.78, 5) is 13.7. The summed E-state index contributed by atoms with van der Waals surface area (Å²) < 4.78 is 37.9. The number of benzene rings is 2. The normalized spacial score (nSPS) is 11.7. The van der Waals surface area contributed by atoms with Crippen LogP contribution in [0.4, 0.5) is 13.2 Å². The highest BCUT2D eigenvalue weighted by molar-refractivity contribution is 5.73. The predicted octanol–water partition coefficient (Wildman–Crippen LogP) is 5.54. The van der Waals surface area contributed by atoms with E-state index in [1.165, 1.54) is 30.2 Å². The molecule has 0 saturated carbocycles. The Hall–Kier alpha value is -2.30. The second-order valence-electron chi connectivity index (χ2n) is 7.62. The molecular weight excluding hydrogens is 363 g/mol. The highest BCUT2D eigenvalue weighted by atomic mass is 19.4. The molecule has 0 aliphatic heterocycles. The molecule has 152 valence electrons. The largest absolute Gasteiger partial charge is 0.416 e. The van der Waals surface area contributed by atoms with Crippen molar-refractivity contribution in [2.45, 2.75) is 46.2 Å². The SMILES string of the molecule is CC(=O)N(CCc1ccc(CC(C)C)cc1)CCc1ccc(C(F)(F)F)cc1. The Balaban J connectivity index is 1.88. The molecule has 0 fully saturated rings. The maximum atomic E-state index is 12.6. The van der Waals surface area contributed by atoms with Crippen LogP contribution in [0.5, 0.6) is 0 Å². The van der Waals surface area contributed by atoms with E-state index >= 15 is 0 Å². The van der Waals surface area contributed by atoms with Crippen LogP contribution in [0.15, 0.2) is 48.5 Å². The molecule has 0 saturated heterocycles. The van der Waals surface area contributed by atoms with Crippen molar-refractivity contribution in [2.24, 2.45) is 5.92 Å². The minimum Gasteiger partial charge on any atom is -0.342 e. The Kier molecular flexibility index (Phi) is 7.67. The van der Waals surface area contributed by atoms with Crippen LogP contribution in [0.3, 0.4) is 0 Å². The molecule has 2 aromatic carbocycles. The molecule has 0 aliphatic carbocycles. The van der Waals surface area contributed by atoms with E-state index in [-0.39, 0.29) is 5.91 Å². The molecule has 0 bridgehead atoms. The lowest BCUT2D eigenvalue weighted by atomic mass is 10.0. The standard InChI is InChI=1S/C23H28F3NO/c1-17(2)16-21-6-4-19(5-7-21)12-14-27(18(3)28)15-13-20-8-10-22(11-9-20)23(24,25)26/h4-11,17H,12-16H2,1-3H3. The molecule has 28 heavy (non-hydrogen) atoms. The fourth-order valence-electron chi connectivity index (χ4n) is 3.13. The maximum Gasteiger partial charge on any atom is 0.416 e. The molecule has 1 amide bonds. The fraction of sp³-hybridized carbons (Fsp3) is 0.435. The molecule has 0 atom stereocenters. The molecule has 2 nitrogen and oxygen atoms in total. The van der Waals surface area contributed by atoms with Crippen molar-refractivity contribution in [1.29, 1.82) is 0 Å². The van der Waals surface area contributed by atoms with Gasteiger partial charge in [-0.3, -0.25) is 4.79 Å². The molecule has 0 radical (unpaired) electrons. The number of rotatable bonds is 8. The van der Waals surface area contributed by atoms with Gasteiger partial charge in [0.05, 0.1) is 5.56 Å². The smallest absolute Gasteiger partial charge is 0.342 e. The number of carbonyl (C=O) groups is 1. The summed E-state index contributed by atoms with van der Waals surface area (Å²) in [5.74, 6) is 0.590. The topological polar surface area (TPSA) is 20.3 Å². The molecule has 0 N–H and O–H groups in total. The quantitative estimate of drug-likeness (QED) is 0.579. The van der Waals surface area contributed by atoms with Gasteiger partial charge in [0.1, 0.15) is 0 Å². The van der Waals surface area contributed by atoms with Gasteiger partial charge in [0.25, 0.3) is 0 Å². The zero-order valence-electron chi connectivity index (χ0n) is 16.7. The average Bonchev–Trinajstić information content (AvgIpc) is 2.62. The van der Waals surface area contributed by atoms with Gasteiger partial charge in [-0.2, -0.15) is 13.2 Å². The van der Waals surface area contributed by atoms with Gasteiger partial charge in [-0.05, 0) is 54.0 Å². The Labute approximate surface area is 165 Å². The summed E-state index contributed by atoms with van der Waals surface area (Å²) in [7, 11) is 0. The first-order valence-electron chi connectivity index (χ1n) is 9.64. The van der Waals surface area contributed by atoms with Crippen LogP contribution in [0.2, 0.25) is 0 Å². The molecule has 2 aromatic rings. The van der Waals surface area contributed by atoms with Gasteiger partial charge in [-0.1, -0.05) is 50.2 Å². The van der Waals surface area contributed by atoms with E-state index in [1.807, 2.05) is 0 Å². The lowest BCUT2D eigenvalue weighted by Gasteiger charge is -2.21. The summed E-state index contributed by atoms with van der Waals surface area (Å²) in [5, 5.41) is 0. The molecule has 0 aromatic heterocycles. The summed E-state index contributed by atoms with van der Waals surface area (Å²) in [6.07, 6.45) is -1.98. The second-order valence-corrected chi connectivity index (χ2v) is 7.62. The Bertz CT molecular complexity index is 749. The van der Waals surface area contributed by atoms with Crippen LogP contribution in [-0.4, -0.2) is 23.9 Å². The maximum absolute atomic E-state index is 12.6. The lowest BCUT2D eigenvalue weighted by Crippen LogP contribution is -2.32. The summed E-state index contributed by atoms with van der Waals surface area (Å²) in [6, 6.07) is 13.6. The number of halogens is 3. The van der Waals surface area contributed by atoms with Gasteiger partial charge in [-0.25, -0.2) is 0 Å². The first-order chi connectivity index (χ1) is 13.1. The van der Waals surface area contributed by atoms with Crippen molar-refractivity contribution >= 4 is 5.91 Å². The van der Waals surface area contributed by atoms with Crippen LogP contribution < -0.4 is 0 Å².